The molecule has 2 aliphatic heterocycles. The number of para-hydroxylation sites is 1. The third-order valence-electron chi connectivity index (χ3n) is 7.77. The number of benzene rings is 3. The molecular weight excluding hydrogens is 684 g/mol. The smallest absolute Gasteiger partial charge is 0.378 e. The van der Waals surface area contributed by atoms with Crippen LogP contribution in [0, 0.1) is 5.92 Å². The maximum absolute atomic E-state index is 14.1. The van der Waals surface area contributed by atoms with E-state index in [9.17, 15) is 32.3 Å². The zero-order valence-corrected chi connectivity index (χ0v) is 27.1. The predicted molar refractivity (Wildman–Crippen MR) is 173 cm³/mol. The summed E-state index contributed by atoms with van der Waals surface area (Å²) in [4.78, 5) is 56.9. The van der Waals surface area contributed by atoms with Crippen molar-refractivity contribution >= 4 is 81.1 Å². The van der Waals surface area contributed by atoms with Crippen LogP contribution in [0.5, 0.6) is 0 Å². The van der Waals surface area contributed by atoms with E-state index in [0.29, 0.717) is 31.1 Å². The molecule has 0 unspecified atom stereocenters. The van der Waals surface area contributed by atoms with Crippen molar-refractivity contribution in [2.75, 3.05) is 29.2 Å². The van der Waals surface area contributed by atoms with Gasteiger partial charge >= 0.3 is 11.0 Å². The minimum absolute atomic E-state index is 0.218. The monoisotopic (exact) mass is 706 g/mol. The topological polar surface area (TPSA) is 91.7 Å². The Hall–Kier alpha value is -3.78. The van der Waals surface area contributed by atoms with Crippen LogP contribution in [0.25, 0.3) is 0 Å². The minimum atomic E-state index is -4.82. The Morgan fingerprint density at radius 3 is 2.30 bits per heavy atom. The molecule has 2 aliphatic rings. The summed E-state index contributed by atoms with van der Waals surface area (Å²) < 4.78 is 43.2. The van der Waals surface area contributed by atoms with E-state index in [-0.39, 0.29) is 5.02 Å². The van der Waals surface area contributed by atoms with Crippen molar-refractivity contribution in [1.29, 1.82) is 0 Å². The number of nitrogens with zero attached hydrogens (tertiary/aromatic N) is 3. The average Bonchev–Trinajstić information content (AvgIpc) is 3.44. The number of thiazole rings is 1. The zero-order chi connectivity index (χ0) is 33.1. The maximum Gasteiger partial charge on any atom is 0.418 e. The van der Waals surface area contributed by atoms with Crippen LogP contribution >= 0.6 is 46.3 Å². The fraction of sp³-hybridized carbons (Fsp3) is 0.226. The lowest BCUT2D eigenvalue weighted by atomic mass is 9.83. The molecule has 0 aliphatic carbocycles. The van der Waals surface area contributed by atoms with Crippen LogP contribution in [0.2, 0.25) is 10.0 Å². The number of fused-ring (bicyclic) bond motifs is 2. The summed E-state index contributed by atoms with van der Waals surface area (Å²) in [7, 11) is 3.70. The normalized spacial score (nSPS) is 19.2. The van der Waals surface area contributed by atoms with E-state index in [1.54, 1.807) is 18.2 Å². The van der Waals surface area contributed by atoms with E-state index in [0.717, 1.165) is 40.9 Å². The number of hydrogen-bond donors (Lipinski definition) is 1. The highest BCUT2D eigenvalue weighted by molar-refractivity contribution is 8.00. The second-order valence-electron chi connectivity index (χ2n) is 10.9. The number of carbonyl (C=O) groups is 3. The van der Waals surface area contributed by atoms with Gasteiger partial charge in [-0.05, 0) is 48.0 Å². The van der Waals surface area contributed by atoms with Crippen LogP contribution in [0.4, 0.5) is 30.2 Å². The van der Waals surface area contributed by atoms with Crippen LogP contribution in [-0.2, 0) is 27.1 Å². The van der Waals surface area contributed by atoms with Gasteiger partial charge in [0.05, 0.1) is 32.2 Å². The van der Waals surface area contributed by atoms with Crippen molar-refractivity contribution in [3.8, 4) is 0 Å². The lowest BCUT2D eigenvalue weighted by Crippen LogP contribution is -2.33. The first-order valence-electron chi connectivity index (χ1n) is 13.7. The predicted octanol–water partition coefficient (Wildman–Crippen LogP) is 6.74. The molecule has 3 amide bonds. The number of nitrogens with one attached hydrogen (secondary N) is 1. The number of aromatic nitrogens is 1. The molecule has 3 atom stereocenters. The summed E-state index contributed by atoms with van der Waals surface area (Å²) >= 11 is 13.8. The van der Waals surface area contributed by atoms with Crippen LogP contribution in [0.3, 0.4) is 0 Å². The van der Waals surface area contributed by atoms with Gasteiger partial charge in [-0.15, -0.1) is 0 Å². The summed E-state index contributed by atoms with van der Waals surface area (Å²) in [6, 6.07) is 16.1. The van der Waals surface area contributed by atoms with Gasteiger partial charge in [0.15, 0.2) is 0 Å². The van der Waals surface area contributed by atoms with E-state index in [1.807, 2.05) is 31.1 Å². The van der Waals surface area contributed by atoms with Gasteiger partial charge in [0, 0.05) is 36.3 Å². The highest BCUT2D eigenvalue weighted by atomic mass is 35.5. The molecule has 4 aromatic rings. The molecule has 0 bridgehead atoms. The second-order valence-corrected chi connectivity index (χ2v) is 13.8. The summed E-state index contributed by atoms with van der Waals surface area (Å²) in [5.74, 6) is -4.13. The molecule has 0 saturated carbocycles. The Kier molecular flexibility index (Phi) is 8.47. The van der Waals surface area contributed by atoms with Crippen molar-refractivity contribution in [1.82, 2.24) is 4.57 Å². The number of rotatable bonds is 6. The first kappa shape index (κ1) is 32.2. The summed E-state index contributed by atoms with van der Waals surface area (Å²) in [5, 5.41) is 2.32. The van der Waals surface area contributed by atoms with Gasteiger partial charge in [-0.1, -0.05) is 70.6 Å². The molecule has 238 valence electrons. The maximum atomic E-state index is 14.1. The van der Waals surface area contributed by atoms with Crippen LogP contribution < -0.4 is 20.0 Å². The highest BCUT2D eigenvalue weighted by Crippen LogP contribution is 2.54. The van der Waals surface area contributed by atoms with Gasteiger partial charge in [0.1, 0.15) is 11.8 Å². The highest BCUT2D eigenvalue weighted by Gasteiger charge is 2.57. The number of thioether (sulfide) groups is 1. The molecule has 46 heavy (non-hydrogen) atoms. The van der Waals surface area contributed by atoms with E-state index < -0.39 is 63.7 Å². The third kappa shape index (κ3) is 5.70. The average molecular weight is 708 g/mol. The summed E-state index contributed by atoms with van der Waals surface area (Å²) in [6.45, 7) is -0.426. The number of anilines is 3. The van der Waals surface area contributed by atoms with Crippen LogP contribution in [0.15, 0.2) is 76.6 Å². The molecule has 3 heterocycles. The summed E-state index contributed by atoms with van der Waals surface area (Å²) in [5.41, 5.74) is 0.132. The molecule has 3 aromatic carbocycles. The third-order valence-corrected chi connectivity index (χ3v) is 11.1. The first-order chi connectivity index (χ1) is 21.8. The summed E-state index contributed by atoms with van der Waals surface area (Å²) in [6.07, 6.45) is -4.82. The number of hydrogen-bond acceptors (Lipinski definition) is 7. The van der Waals surface area contributed by atoms with E-state index in [2.05, 4.69) is 5.32 Å². The van der Waals surface area contributed by atoms with Gasteiger partial charge < -0.3 is 10.2 Å². The lowest BCUT2D eigenvalue weighted by molar-refractivity contribution is -0.137. The quantitative estimate of drug-likeness (QED) is 0.224. The molecule has 6 rings (SSSR count). The molecule has 1 aromatic heterocycles. The molecular formula is C31H23Cl2F3N4O4S2. The Morgan fingerprint density at radius 1 is 0.957 bits per heavy atom. The lowest BCUT2D eigenvalue weighted by Gasteiger charge is -2.31. The van der Waals surface area contributed by atoms with Crippen molar-refractivity contribution in [3.63, 3.8) is 0 Å². The minimum Gasteiger partial charge on any atom is -0.378 e. The fourth-order valence-electron chi connectivity index (χ4n) is 5.66. The molecule has 1 fully saturated rings. The number of amides is 3. The Bertz CT molecular complexity index is 1950. The van der Waals surface area contributed by atoms with Crippen molar-refractivity contribution in [2.45, 2.75) is 28.9 Å². The fourth-order valence-corrected chi connectivity index (χ4v) is 8.73. The van der Waals surface area contributed by atoms with E-state index >= 15 is 0 Å². The molecule has 1 saturated heterocycles. The van der Waals surface area contributed by atoms with Crippen LogP contribution in [-0.4, -0.2) is 41.6 Å². The first-order valence-corrected chi connectivity index (χ1v) is 16.2. The van der Waals surface area contributed by atoms with Gasteiger partial charge in [-0.2, -0.15) is 13.2 Å². The van der Waals surface area contributed by atoms with Gasteiger partial charge in [-0.25, -0.2) is 4.90 Å². The SMILES string of the molecule is CN(C)c1ccc([C@@H]2c3sc(=O)n(CC(=O)Nc4ccc(Cl)c(Cl)c4)c3S[C@H]3C(=O)N(c4ccccc4C(F)(F)F)C(=O)[C@@H]23)cc1. The standard InChI is InChI=1S/C31H23Cl2F3N4O4S2/c1-38(2)17-10-7-15(8-11-17)23-24-25(28(43)40(27(24)42)21-6-4-3-5-18(21)31(34,35)36)45-29-26(23)46-30(44)39(29)14-22(41)37-16-9-12-19(32)20(33)13-16/h3-13,23-25H,14H2,1-2H3,(H,37,41)/t23-,24-,25+/m0/s1. The molecule has 8 nitrogen and oxygen atoms in total. The largest absolute Gasteiger partial charge is 0.418 e. The van der Waals surface area contributed by atoms with Gasteiger partial charge in [0.2, 0.25) is 17.7 Å². The molecule has 1 N–H and O–H groups in total. The number of carbonyl (C=O) groups excluding carboxylic acids is 3. The second kappa shape index (κ2) is 12.1. The van der Waals surface area contributed by atoms with Crippen molar-refractivity contribution in [3.05, 3.63) is 102 Å². The van der Waals surface area contributed by atoms with E-state index in [4.69, 9.17) is 23.2 Å². The van der Waals surface area contributed by atoms with E-state index in [1.165, 1.54) is 28.8 Å². The Morgan fingerprint density at radius 2 is 1.65 bits per heavy atom. The Labute approximate surface area is 278 Å². The Balaban J connectivity index is 1.43. The van der Waals surface area contributed by atoms with Gasteiger partial charge in [-0.3, -0.25) is 23.7 Å². The number of imide groups is 1. The van der Waals surface area contributed by atoms with Crippen LogP contribution in [0.1, 0.15) is 21.9 Å². The van der Waals surface area contributed by atoms with Crippen molar-refractivity contribution < 1.29 is 27.6 Å². The molecule has 0 radical (unpaired) electrons. The van der Waals surface area contributed by atoms with Crippen molar-refractivity contribution in [2.24, 2.45) is 5.92 Å². The number of halogens is 5. The number of alkyl halides is 3. The molecule has 0 spiro atoms. The van der Waals surface area contributed by atoms with Gasteiger partial charge in [0.25, 0.3) is 0 Å². The molecule has 15 heteroatoms. The zero-order valence-electron chi connectivity index (χ0n) is 24.0.